The predicted octanol–water partition coefficient (Wildman–Crippen LogP) is 3.49. The summed E-state index contributed by atoms with van der Waals surface area (Å²) in [5.41, 5.74) is 3.98. The van der Waals surface area contributed by atoms with Gasteiger partial charge in [0.2, 0.25) is 0 Å². The van der Waals surface area contributed by atoms with Crippen molar-refractivity contribution in [1.29, 1.82) is 0 Å². The van der Waals surface area contributed by atoms with Gasteiger partial charge in [-0.25, -0.2) is 4.79 Å². The predicted molar refractivity (Wildman–Crippen MR) is 92.8 cm³/mol. The first-order valence-corrected chi connectivity index (χ1v) is 8.49. The lowest BCUT2D eigenvalue weighted by Gasteiger charge is -2.44. The Kier molecular flexibility index (Phi) is 4.38. The highest BCUT2D eigenvalue weighted by Crippen LogP contribution is 2.34. The van der Waals surface area contributed by atoms with Crippen molar-refractivity contribution in [2.75, 3.05) is 13.2 Å². The van der Waals surface area contributed by atoms with Crippen molar-refractivity contribution < 1.29 is 14.3 Å². The summed E-state index contributed by atoms with van der Waals surface area (Å²) >= 11 is 0. The van der Waals surface area contributed by atoms with Crippen molar-refractivity contribution in [3.63, 3.8) is 0 Å². The van der Waals surface area contributed by atoms with Crippen molar-refractivity contribution in [3.8, 4) is 0 Å². The molecule has 2 aliphatic rings. The highest BCUT2D eigenvalue weighted by molar-refractivity contribution is 5.75. The summed E-state index contributed by atoms with van der Waals surface area (Å²) in [4.78, 5) is 19.0. The number of pyridine rings is 1. The van der Waals surface area contributed by atoms with Crippen LogP contribution in [-0.2, 0) is 9.47 Å². The van der Waals surface area contributed by atoms with Gasteiger partial charge in [-0.15, -0.1) is 0 Å². The van der Waals surface area contributed by atoms with E-state index in [-0.39, 0.29) is 18.2 Å². The van der Waals surface area contributed by atoms with Crippen molar-refractivity contribution in [3.05, 3.63) is 35.2 Å². The second-order valence-electron chi connectivity index (χ2n) is 7.63. The molecule has 5 nitrogen and oxygen atoms in total. The Balaban J connectivity index is 1.88. The van der Waals surface area contributed by atoms with Gasteiger partial charge in [0, 0.05) is 11.4 Å². The van der Waals surface area contributed by atoms with E-state index in [1.54, 1.807) is 0 Å². The highest BCUT2D eigenvalue weighted by Gasteiger charge is 2.40. The maximum absolute atomic E-state index is 12.6. The zero-order valence-electron chi connectivity index (χ0n) is 15.1. The number of carbonyl (C=O) groups is 1. The number of rotatable bonds is 1. The number of morpholine rings is 1. The maximum atomic E-state index is 12.6. The van der Waals surface area contributed by atoms with E-state index in [0.717, 1.165) is 17.8 Å². The molecule has 0 aliphatic carbocycles. The van der Waals surface area contributed by atoms with Crippen LogP contribution in [-0.4, -0.2) is 46.9 Å². The van der Waals surface area contributed by atoms with E-state index in [0.29, 0.717) is 13.2 Å². The van der Waals surface area contributed by atoms with Gasteiger partial charge >= 0.3 is 6.09 Å². The van der Waals surface area contributed by atoms with Gasteiger partial charge in [0.1, 0.15) is 5.60 Å². The Morgan fingerprint density at radius 1 is 1.29 bits per heavy atom. The van der Waals surface area contributed by atoms with E-state index in [4.69, 9.17) is 9.47 Å². The minimum atomic E-state index is -0.492. The van der Waals surface area contributed by atoms with Gasteiger partial charge in [0.15, 0.2) is 0 Å². The van der Waals surface area contributed by atoms with Crippen LogP contribution in [0.25, 0.3) is 5.57 Å². The molecule has 2 unspecified atom stereocenters. The fraction of sp³-hybridized carbons (Fsp3) is 0.579. The zero-order chi connectivity index (χ0) is 17.5. The third kappa shape index (κ3) is 3.46. The van der Waals surface area contributed by atoms with Crippen molar-refractivity contribution >= 4 is 11.7 Å². The van der Waals surface area contributed by atoms with Gasteiger partial charge in [0.05, 0.1) is 25.3 Å². The van der Waals surface area contributed by atoms with Crippen LogP contribution < -0.4 is 0 Å². The number of hydrogen-bond donors (Lipinski definition) is 0. The fourth-order valence-electron chi connectivity index (χ4n) is 3.42. The molecule has 1 aromatic heterocycles. The molecule has 0 saturated carbocycles. The summed E-state index contributed by atoms with van der Waals surface area (Å²) in [7, 11) is 0. The van der Waals surface area contributed by atoms with Crippen LogP contribution in [0.4, 0.5) is 4.79 Å². The monoisotopic (exact) mass is 330 g/mol. The molecule has 0 radical (unpaired) electrons. The van der Waals surface area contributed by atoms with Crippen LogP contribution in [0.1, 0.15) is 44.1 Å². The first kappa shape index (κ1) is 17.0. The quantitative estimate of drug-likeness (QED) is 0.791. The smallest absolute Gasteiger partial charge is 0.411 e. The molecule has 2 atom stereocenters. The molecule has 3 heterocycles. The fourth-order valence-corrected chi connectivity index (χ4v) is 3.42. The Hall–Kier alpha value is -1.88. The highest BCUT2D eigenvalue weighted by atomic mass is 16.6. The molecule has 0 N–H and O–H groups in total. The number of aryl methyl sites for hydroxylation is 2. The molecule has 130 valence electrons. The van der Waals surface area contributed by atoms with E-state index in [9.17, 15) is 4.79 Å². The summed E-state index contributed by atoms with van der Waals surface area (Å²) in [6, 6.07) is 4.10. The minimum absolute atomic E-state index is 0.0132. The minimum Gasteiger partial charge on any atom is -0.444 e. The molecule has 2 bridgehead atoms. The molecule has 1 fully saturated rings. The summed E-state index contributed by atoms with van der Waals surface area (Å²) in [6.07, 6.45) is 2.65. The van der Waals surface area contributed by atoms with Gasteiger partial charge in [-0.05, 0) is 58.2 Å². The number of carbonyl (C=O) groups excluding carboxylic acids is 1. The molecule has 1 aromatic rings. The van der Waals surface area contributed by atoms with Crippen molar-refractivity contribution in [2.45, 2.75) is 58.7 Å². The summed E-state index contributed by atoms with van der Waals surface area (Å²) < 4.78 is 11.3. The number of fused-ring (bicyclic) bond motifs is 2. The van der Waals surface area contributed by atoms with Crippen molar-refractivity contribution in [2.24, 2.45) is 0 Å². The maximum Gasteiger partial charge on any atom is 0.411 e. The Labute approximate surface area is 143 Å². The molecule has 5 heteroatoms. The average molecular weight is 330 g/mol. The average Bonchev–Trinajstić information content (AvgIpc) is 2.44. The Morgan fingerprint density at radius 2 is 2.04 bits per heavy atom. The van der Waals surface area contributed by atoms with E-state index in [2.05, 4.69) is 17.1 Å². The molecular weight excluding hydrogens is 304 g/mol. The molecule has 3 rings (SSSR count). The number of amides is 1. The molecule has 1 amide bonds. The standard InChI is InChI=1S/C19H26N2O3/c1-12-6-7-17(13(2)20-12)14-8-15-10-23-11-16(9-14)21(15)18(22)24-19(3,4)5/h6-8,15-16H,9-11H2,1-5H3. The lowest BCUT2D eigenvalue weighted by Crippen LogP contribution is -2.57. The third-order valence-electron chi connectivity index (χ3n) is 4.37. The SMILES string of the molecule is Cc1ccc(C2=CC3COCC(C2)N3C(=O)OC(C)(C)C)c(C)n1. The first-order chi connectivity index (χ1) is 11.2. The normalized spacial score (nSPS) is 23.7. The van der Waals surface area contributed by atoms with E-state index >= 15 is 0 Å². The van der Waals surface area contributed by atoms with Crippen LogP contribution in [0.3, 0.4) is 0 Å². The summed E-state index contributed by atoms with van der Waals surface area (Å²) in [5, 5.41) is 0. The zero-order valence-corrected chi connectivity index (χ0v) is 15.1. The molecule has 0 aromatic carbocycles. The van der Waals surface area contributed by atoms with Crippen molar-refractivity contribution in [1.82, 2.24) is 9.88 Å². The van der Waals surface area contributed by atoms with Gasteiger partial charge < -0.3 is 9.47 Å². The Bertz CT molecular complexity index is 676. The number of aromatic nitrogens is 1. The van der Waals surface area contributed by atoms with Crippen LogP contribution in [0, 0.1) is 13.8 Å². The number of nitrogens with zero attached hydrogens (tertiary/aromatic N) is 2. The Morgan fingerprint density at radius 3 is 2.67 bits per heavy atom. The second-order valence-corrected chi connectivity index (χ2v) is 7.63. The molecule has 0 spiro atoms. The number of ether oxygens (including phenoxy) is 2. The van der Waals surface area contributed by atoms with E-state index < -0.39 is 5.60 Å². The van der Waals surface area contributed by atoms with Crippen LogP contribution >= 0.6 is 0 Å². The van der Waals surface area contributed by atoms with E-state index in [1.807, 2.05) is 45.6 Å². The van der Waals surface area contributed by atoms with Gasteiger partial charge in [-0.2, -0.15) is 0 Å². The van der Waals surface area contributed by atoms with Gasteiger partial charge in [-0.3, -0.25) is 9.88 Å². The molecule has 2 aliphatic heterocycles. The van der Waals surface area contributed by atoms with E-state index in [1.165, 1.54) is 11.1 Å². The van der Waals surface area contributed by atoms with Crippen LogP contribution in [0.5, 0.6) is 0 Å². The number of hydrogen-bond acceptors (Lipinski definition) is 4. The molecular formula is C19H26N2O3. The largest absolute Gasteiger partial charge is 0.444 e. The first-order valence-electron chi connectivity index (χ1n) is 8.49. The lowest BCUT2D eigenvalue weighted by molar-refractivity contribution is -0.0510. The topological polar surface area (TPSA) is 51.7 Å². The lowest BCUT2D eigenvalue weighted by atomic mass is 9.89. The third-order valence-corrected chi connectivity index (χ3v) is 4.37. The van der Waals surface area contributed by atoms with Crippen LogP contribution in [0.15, 0.2) is 18.2 Å². The van der Waals surface area contributed by atoms with Crippen LogP contribution in [0.2, 0.25) is 0 Å². The molecule has 1 saturated heterocycles. The van der Waals surface area contributed by atoms with Gasteiger partial charge in [-0.1, -0.05) is 12.1 Å². The summed E-state index contributed by atoms with van der Waals surface area (Å²) in [5.74, 6) is 0. The second kappa shape index (κ2) is 6.20. The molecule has 24 heavy (non-hydrogen) atoms. The summed E-state index contributed by atoms with van der Waals surface area (Å²) in [6.45, 7) is 10.8. The van der Waals surface area contributed by atoms with Gasteiger partial charge in [0.25, 0.3) is 0 Å².